The van der Waals surface area contributed by atoms with E-state index in [2.05, 4.69) is 59.4 Å². The second-order valence-corrected chi connectivity index (χ2v) is 8.51. The van der Waals surface area contributed by atoms with Crippen molar-refractivity contribution in [2.45, 2.75) is 58.1 Å². The minimum atomic E-state index is -0.849. The van der Waals surface area contributed by atoms with Crippen molar-refractivity contribution >= 4 is 9.24 Å². The van der Waals surface area contributed by atoms with Gasteiger partial charge in [-0.3, -0.25) is 4.90 Å². The van der Waals surface area contributed by atoms with Crippen molar-refractivity contribution in [2.75, 3.05) is 40.0 Å². The number of morpholine rings is 1. The van der Waals surface area contributed by atoms with Crippen LogP contribution in [-0.2, 0) is 9.47 Å². The molecule has 1 heterocycles. The lowest BCUT2D eigenvalue weighted by molar-refractivity contribution is 0.0208. The minimum absolute atomic E-state index is 0.499. The highest BCUT2D eigenvalue weighted by Gasteiger charge is 2.22. The molecule has 0 bridgehead atoms. The van der Waals surface area contributed by atoms with Crippen LogP contribution in [0.5, 0.6) is 0 Å². The Morgan fingerprint density at radius 3 is 2.47 bits per heavy atom. The van der Waals surface area contributed by atoms with Crippen molar-refractivity contribution in [3.05, 3.63) is 60.5 Å². The molecular weight excluding hydrogens is 393 g/mol. The molecule has 0 aliphatic carbocycles. The van der Waals surface area contributed by atoms with E-state index in [9.17, 15) is 5.11 Å². The van der Waals surface area contributed by atoms with Crippen molar-refractivity contribution in [3.63, 3.8) is 0 Å². The summed E-state index contributed by atoms with van der Waals surface area (Å²) in [5.41, 5.74) is 0.156. The number of nitrogens with zero attached hydrogens (tertiary/aromatic N) is 1. The van der Waals surface area contributed by atoms with E-state index in [0.29, 0.717) is 19.1 Å². The summed E-state index contributed by atoms with van der Waals surface area (Å²) in [6.45, 7) is 17.5. The lowest BCUT2D eigenvalue weighted by atomic mass is 9.90. The summed E-state index contributed by atoms with van der Waals surface area (Å²) in [7, 11) is 4.10. The number of methoxy groups -OCH3 is 1. The Morgan fingerprint density at radius 1 is 1.30 bits per heavy atom. The standard InChI is InChI=1S/C21H37NO3.C4H7P/c1-5-6-11-20(21(3,23)13-7-8-16-24-4)12-9-10-19(2)22-14-17-25-18-15-22;1-3-4(2)5/h7-9,11-12,19,23H,5-6,10,13-18H2,1-4H3;3H,1-2,5H2/b8-7-,12-9-,20-11+;. The average molecular weight is 438 g/mol. The highest BCUT2D eigenvalue weighted by Crippen LogP contribution is 2.24. The van der Waals surface area contributed by atoms with Crippen LogP contribution >= 0.6 is 9.24 Å². The van der Waals surface area contributed by atoms with Crippen LogP contribution < -0.4 is 0 Å². The summed E-state index contributed by atoms with van der Waals surface area (Å²) in [5, 5.41) is 11.8. The summed E-state index contributed by atoms with van der Waals surface area (Å²) in [4.78, 5) is 2.47. The van der Waals surface area contributed by atoms with Crippen LogP contribution in [0.1, 0.15) is 46.5 Å². The quantitative estimate of drug-likeness (QED) is 0.256. The van der Waals surface area contributed by atoms with Crippen LogP contribution in [0.2, 0.25) is 0 Å². The molecule has 0 amide bonds. The molecule has 1 aliphatic heterocycles. The third-order valence-corrected chi connectivity index (χ3v) is 5.16. The normalized spacial score (nSPS) is 18.7. The number of allylic oxidation sites excluding steroid dienone is 3. The molecule has 0 aromatic heterocycles. The van der Waals surface area contributed by atoms with Crippen molar-refractivity contribution in [1.29, 1.82) is 0 Å². The monoisotopic (exact) mass is 437 g/mol. The SMILES string of the molecule is C=CC(=C)P.CCC/C=C(\C=C/CC(C)N1CCOCC1)C(C)(O)C/C=C\COC. The zero-order valence-corrected chi connectivity index (χ0v) is 20.8. The van der Waals surface area contributed by atoms with Gasteiger partial charge in [-0.1, -0.05) is 63.0 Å². The van der Waals surface area contributed by atoms with Gasteiger partial charge in [0.05, 0.1) is 25.4 Å². The maximum Gasteiger partial charge on any atom is 0.0899 e. The van der Waals surface area contributed by atoms with Gasteiger partial charge in [0.2, 0.25) is 0 Å². The zero-order valence-electron chi connectivity index (χ0n) is 19.6. The van der Waals surface area contributed by atoms with Gasteiger partial charge in [0.1, 0.15) is 0 Å². The third kappa shape index (κ3) is 14.1. The Kier molecular flexibility index (Phi) is 17.0. The molecule has 30 heavy (non-hydrogen) atoms. The number of ether oxygens (including phenoxy) is 2. The summed E-state index contributed by atoms with van der Waals surface area (Å²) >= 11 is 0. The largest absolute Gasteiger partial charge is 0.385 e. The molecule has 5 heteroatoms. The van der Waals surface area contributed by atoms with E-state index in [1.54, 1.807) is 13.2 Å². The predicted molar refractivity (Wildman–Crippen MR) is 134 cm³/mol. The number of unbranched alkanes of at least 4 members (excludes halogenated alkanes) is 1. The second kappa shape index (κ2) is 17.6. The topological polar surface area (TPSA) is 41.9 Å². The van der Waals surface area contributed by atoms with Gasteiger partial charge in [-0.2, -0.15) is 0 Å². The molecule has 0 saturated carbocycles. The van der Waals surface area contributed by atoms with Crippen LogP contribution in [0.25, 0.3) is 0 Å². The summed E-state index contributed by atoms with van der Waals surface area (Å²) < 4.78 is 10.4. The Bertz CT molecular complexity index is 561. The molecule has 172 valence electrons. The van der Waals surface area contributed by atoms with E-state index in [0.717, 1.165) is 56.5 Å². The van der Waals surface area contributed by atoms with Gasteiger partial charge in [-0.25, -0.2) is 0 Å². The van der Waals surface area contributed by atoms with E-state index >= 15 is 0 Å². The molecule has 0 spiro atoms. The number of hydrogen-bond acceptors (Lipinski definition) is 4. The fourth-order valence-electron chi connectivity index (χ4n) is 2.92. The molecule has 1 fully saturated rings. The first-order valence-electron chi connectivity index (χ1n) is 10.9. The molecule has 1 aliphatic rings. The van der Waals surface area contributed by atoms with Gasteiger partial charge in [0, 0.05) is 26.2 Å². The molecule has 3 atom stereocenters. The number of rotatable bonds is 12. The van der Waals surface area contributed by atoms with Crippen LogP contribution in [0.15, 0.2) is 60.5 Å². The second-order valence-electron chi connectivity index (χ2n) is 7.77. The minimum Gasteiger partial charge on any atom is -0.385 e. The maximum atomic E-state index is 10.9. The predicted octanol–water partition coefficient (Wildman–Crippen LogP) is 5.28. The van der Waals surface area contributed by atoms with E-state index in [-0.39, 0.29) is 0 Å². The summed E-state index contributed by atoms with van der Waals surface area (Å²) in [5.74, 6) is 0. The Morgan fingerprint density at radius 2 is 1.93 bits per heavy atom. The molecule has 0 radical (unpaired) electrons. The molecular formula is C25H44NO3P. The lowest BCUT2D eigenvalue weighted by Crippen LogP contribution is -2.41. The van der Waals surface area contributed by atoms with Gasteiger partial charge in [0.15, 0.2) is 0 Å². The van der Waals surface area contributed by atoms with Gasteiger partial charge in [-0.05, 0) is 44.0 Å². The van der Waals surface area contributed by atoms with Gasteiger partial charge in [-0.15, -0.1) is 9.24 Å². The van der Waals surface area contributed by atoms with E-state index < -0.39 is 5.60 Å². The maximum absolute atomic E-state index is 10.9. The van der Waals surface area contributed by atoms with Crippen molar-refractivity contribution in [2.24, 2.45) is 0 Å². The molecule has 1 saturated heterocycles. The van der Waals surface area contributed by atoms with Crippen molar-refractivity contribution in [1.82, 2.24) is 4.90 Å². The first kappa shape index (κ1) is 29.0. The first-order valence-corrected chi connectivity index (χ1v) is 11.5. The van der Waals surface area contributed by atoms with E-state index in [4.69, 9.17) is 9.47 Å². The van der Waals surface area contributed by atoms with Crippen LogP contribution in [0.3, 0.4) is 0 Å². The van der Waals surface area contributed by atoms with Crippen LogP contribution in [-0.4, -0.2) is 61.7 Å². The molecule has 1 N–H and O–H groups in total. The summed E-state index contributed by atoms with van der Waals surface area (Å²) in [6, 6.07) is 0.499. The Labute approximate surface area is 187 Å². The lowest BCUT2D eigenvalue weighted by Gasteiger charge is -2.31. The molecule has 4 nitrogen and oxygen atoms in total. The van der Waals surface area contributed by atoms with E-state index in [1.165, 1.54) is 0 Å². The highest BCUT2D eigenvalue weighted by atomic mass is 31.0. The average Bonchev–Trinajstić information content (AvgIpc) is 2.74. The zero-order chi connectivity index (χ0) is 22.8. The Balaban J connectivity index is 0.00000150. The highest BCUT2D eigenvalue weighted by molar-refractivity contribution is 7.22. The Hall–Kier alpha value is -1.03. The number of aliphatic hydroxyl groups is 1. The smallest absolute Gasteiger partial charge is 0.0899 e. The molecule has 3 unspecified atom stereocenters. The molecule has 0 aromatic carbocycles. The van der Waals surface area contributed by atoms with Crippen LogP contribution in [0.4, 0.5) is 0 Å². The fraction of sp³-hybridized carbons (Fsp3) is 0.600. The molecule has 1 rings (SSSR count). The van der Waals surface area contributed by atoms with Gasteiger partial charge in [0.25, 0.3) is 0 Å². The van der Waals surface area contributed by atoms with E-state index in [1.807, 2.05) is 19.1 Å². The van der Waals surface area contributed by atoms with Crippen molar-refractivity contribution in [3.8, 4) is 0 Å². The summed E-state index contributed by atoms with van der Waals surface area (Å²) in [6.07, 6.45) is 15.8. The van der Waals surface area contributed by atoms with Crippen LogP contribution in [0, 0.1) is 0 Å². The third-order valence-electron chi connectivity index (χ3n) is 4.93. The number of hydrogen-bond donors (Lipinski definition) is 1. The van der Waals surface area contributed by atoms with Gasteiger partial charge >= 0.3 is 0 Å². The first-order chi connectivity index (χ1) is 14.3. The fourth-order valence-corrected chi connectivity index (χ4v) is 2.92. The molecule has 0 aromatic rings. The van der Waals surface area contributed by atoms with Gasteiger partial charge < -0.3 is 14.6 Å². The van der Waals surface area contributed by atoms with Crippen molar-refractivity contribution < 1.29 is 14.6 Å².